The Balaban J connectivity index is 1.60. The Kier molecular flexibility index (Phi) is 8.15. The molecule has 0 unspecified atom stereocenters. The molecule has 4 rings (SSSR count). The maximum absolute atomic E-state index is 13.5. The number of hydrogen-bond donors (Lipinski definition) is 0. The van der Waals surface area contributed by atoms with Crippen LogP contribution in [-0.4, -0.2) is 25.8 Å². The van der Waals surface area contributed by atoms with Crippen molar-refractivity contribution in [1.82, 2.24) is 0 Å². The molecule has 1 heterocycles. The van der Waals surface area contributed by atoms with Crippen molar-refractivity contribution < 1.29 is 48.9 Å². The van der Waals surface area contributed by atoms with Crippen molar-refractivity contribution in [3.05, 3.63) is 95.6 Å². The minimum atomic E-state index is -5.88. The van der Waals surface area contributed by atoms with E-state index >= 15 is 0 Å². The lowest BCUT2D eigenvalue weighted by Crippen LogP contribution is -2.55. The van der Waals surface area contributed by atoms with Gasteiger partial charge in [-0.25, -0.2) is 8.78 Å². The predicted molar refractivity (Wildman–Crippen MR) is 132 cm³/mol. The first-order valence-corrected chi connectivity index (χ1v) is 13.3. The topological polar surface area (TPSA) is 90.0 Å². The van der Waals surface area contributed by atoms with Gasteiger partial charge in [-0.05, 0) is 72.5 Å². The van der Waals surface area contributed by atoms with Gasteiger partial charge in [0.1, 0.15) is 23.5 Å². The predicted octanol–water partition coefficient (Wildman–Crippen LogP) is 5.98. The first-order chi connectivity index (χ1) is 18.8. The molecule has 0 aliphatic carbocycles. The summed E-state index contributed by atoms with van der Waals surface area (Å²) in [5.74, 6) is -3.19. The third-order valence-corrected chi connectivity index (χ3v) is 7.30. The number of β-lactam (4-membered cyclic amide) rings is 1. The van der Waals surface area contributed by atoms with Crippen LogP contribution in [0.2, 0.25) is 0 Å². The van der Waals surface area contributed by atoms with Crippen molar-refractivity contribution in [2.75, 3.05) is 4.90 Å². The summed E-state index contributed by atoms with van der Waals surface area (Å²) in [6.45, 7) is 1.21. The van der Waals surface area contributed by atoms with Crippen molar-refractivity contribution >= 4 is 27.7 Å². The molecule has 212 valence electrons. The number of benzene rings is 3. The van der Waals surface area contributed by atoms with Crippen molar-refractivity contribution in [1.29, 1.82) is 0 Å². The Morgan fingerprint density at radius 3 is 2.00 bits per heavy atom. The van der Waals surface area contributed by atoms with E-state index in [1.54, 1.807) is 0 Å². The second kappa shape index (κ2) is 11.2. The highest BCUT2D eigenvalue weighted by atomic mass is 32.2. The number of rotatable bonds is 9. The summed E-state index contributed by atoms with van der Waals surface area (Å²) >= 11 is 0. The molecule has 3 aromatic rings. The van der Waals surface area contributed by atoms with Gasteiger partial charge in [0.25, 0.3) is 0 Å². The van der Waals surface area contributed by atoms with E-state index in [1.807, 2.05) is 0 Å². The van der Waals surface area contributed by atoms with Gasteiger partial charge in [0.05, 0.1) is 12.0 Å². The largest absolute Gasteiger partial charge is 0.534 e. The number of anilines is 1. The van der Waals surface area contributed by atoms with Crippen LogP contribution in [0.5, 0.6) is 5.75 Å². The molecule has 7 nitrogen and oxygen atoms in total. The van der Waals surface area contributed by atoms with Gasteiger partial charge in [-0.3, -0.25) is 9.59 Å². The zero-order valence-electron chi connectivity index (χ0n) is 20.8. The summed E-state index contributed by atoms with van der Waals surface area (Å²) in [4.78, 5) is 26.3. The van der Waals surface area contributed by atoms with Crippen LogP contribution in [0.4, 0.5) is 27.6 Å². The second-order valence-electron chi connectivity index (χ2n) is 9.02. The molecule has 3 aromatic carbocycles. The molecule has 3 atom stereocenters. The summed E-state index contributed by atoms with van der Waals surface area (Å²) in [5.41, 5.74) is -4.29. The average Bonchev–Trinajstić information content (AvgIpc) is 2.88. The van der Waals surface area contributed by atoms with Gasteiger partial charge in [0.2, 0.25) is 5.91 Å². The highest BCUT2D eigenvalue weighted by Crippen LogP contribution is 2.47. The lowest BCUT2D eigenvalue weighted by molar-refractivity contribution is -0.147. The van der Waals surface area contributed by atoms with Crippen LogP contribution in [0.25, 0.3) is 0 Å². The van der Waals surface area contributed by atoms with Crippen molar-refractivity contribution in [2.45, 2.75) is 37.4 Å². The molecule has 40 heavy (non-hydrogen) atoms. The van der Waals surface area contributed by atoms with Gasteiger partial charge in [0, 0.05) is 12.6 Å². The van der Waals surface area contributed by atoms with E-state index in [-0.39, 0.29) is 18.7 Å². The van der Waals surface area contributed by atoms with E-state index < -0.39 is 57.0 Å². The monoisotopic (exact) mass is 583 g/mol. The van der Waals surface area contributed by atoms with Crippen LogP contribution in [0.3, 0.4) is 0 Å². The molecule has 0 radical (unpaired) electrons. The molecule has 0 saturated carbocycles. The fourth-order valence-corrected chi connectivity index (χ4v) is 4.96. The van der Waals surface area contributed by atoms with Crippen molar-refractivity contribution in [2.24, 2.45) is 5.92 Å². The molecule has 1 aliphatic heterocycles. The normalized spacial score (nSPS) is 18.1. The standard InChI is InChI=1S/C27H22F5NO6S/c1-16(34)38-24(17-2-6-19(28)7-3-17)15-14-23-25(33(26(23)35)21-10-8-20(29)9-11-21)18-4-12-22(13-5-18)39-40(36,37)27(30,31)32/h2-13,23-25H,14-15H2,1H3/t23-,24+,25-/m1/s1. The summed E-state index contributed by atoms with van der Waals surface area (Å²) < 4.78 is 97.2. The quantitative estimate of drug-likeness (QED) is 0.101. The van der Waals surface area contributed by atoms with Gasteiger partial charge in [-0.1, -0.05) is 24.3 Å². The van der Waals surface area contributed by atoms with E-state index in [0.717, 1.165) is 24.3 Å². The van der Waals surface area contributed by atoms with Gasteiger partial charge >= 0.3 is 21.6 Å². The van der Waals surface area contributed by atoms with Crippen LogP contribution in [0.15, 0.2) is 72.8 Å². The Morgan fingerprint density at radius 1 is 0.925 bits per heavy atom. The van der Waals surface area contributed by atoms with Gasteiger partial charge in [-0.15, -0.1) is 0 Å². The fraction of sp³-hybridized carbons (Fsp3) is 0.259. The Labute approximate surface area is 226 Å². The van der Waals surface area contributed by atoms with Crippen molar-refractivity contribution in [3.63, 3.8) is 0 Å². The van der Waals surface area contributed by atoms with Gasteiger partial charge in [0.15, 0.2) is 0 Å². The lowest BCUT2D eigenvalue weighted by atomic mass is 9.78. The molecular weight excluding hydrogens is 561 g/mol. The molecule has 1 aliphatic rings. The number of carbonyl (C=O) groups excluding carboxylic acids is 2. The number of esters is 1. The van der Waals surface area contributed by atoms with Gasteiger partial charge in [-0.2, -0.15) is 21.6 Å². The van der Waals surface area contributed by atoms with Crippen LogP contribution >= 0.6 is 0 Å². The van der Waals surface area contributed by atoms with Crippen LogP contribution < -0.4 is 9.08 Å². The average molecular weight is 584 g/mol. The number of hydrogen-bond acceptors (Lipinski definition) is 6. The van der Waals surface area contributed by atoms with E-state index in [4.69, 9.17) is 4.74 Å². The smallest absolute Gasteiger partial charge is 0.458 e. The van der Waals surface area contributed by atoms with E-state index in [0.29, 0.717) is 16.8 Å². The Bertz CT molecular complexity index is 1480. The highest BCUT2D eigenvalue weighted by molar-refractivity contribution is 7.88. The Morgan fingerprint density at radius 2 is 1.48 bits per heavy atom. The van der Waals surface area contributed by atoms with Crippen LogP contribution in [-0.2, 0) is 24.4 Å². The molecule has 1 fully saturated rings. The molecule has 13 heteroatoms. The highest BCUT2D eigenvalue weighted by Gasteiger charge is 2.50. The number of carbonyl (C=O) groups is 2. The van der Waals surface area contributed by atoms with Crippen LogP contribution in [0.1, 0.15) is 43.0 Å². The number of amides is 1. The second-order valence-corrected chi connectivity index (χ2v) is 10.6. The third-order valence-electron chi connectivity index (χ3n) is 6.32. The lowest BCUT2D eigenvalue weighted by Gasteiger charge is -2.48. The maximum Gasteiger partial charge on any atom is 0.534 e. The number of nitrogens with zero attached hydrogens (tertiary/aromatic N) is 1. The number of ether oxygens (including phenoxy) is 1. The van der Waals surface area contributed by atoms with Crippen molar-refractivity contribution in [3.8, 4) is 5.75 Å². The minimum Gasteiger partial charge on any atom is -0.458 e. The molecular formula is C27H22F5NO6S. The summed E-state index contributed by atoms with van der Waals surface area (Å²) in [5, 5.41) is 0. The van der Waals surface area contributed by atoms with Crippen LogP contribution in [0, 0.1) is 17.6 Å². The molecule has 1 saturated heterocycles. The number of halogens is 5. The van der Waals surface area contributed by atoms with Gasteiger partial charge < -0.3 is 13.8 Å². The van der Waals surface area contributed by atoms with E-state index in [9.17, 15) is 40.0 Å². The summed E-state index contributed by atoms with van der Waals surface area (Å²) in [6, 6.07) is 14.5. The fourth-order valence-electron chi connectivity index (χ4n) is 4.50. The zero-order chi connectivity index (χ0) is 29.2. The zero-order valence-corrected chi connectivity index (χ0v) is 21.6. The minimum absolute atomic E-state index is 0.181. The molecule has 0 aromatic heterocycles. The number of alkyl halides is 3. The molecule has 0 bridgehead atoms. The summed E-state index contributed by atoms with van der Waals surface area (Å²) in [6.07, 6.45) is -0.410. The Hall–Kier alpha value is -4.00. The third kappa shape index (κ3) is 6.24. The maximum atomic E-state index is 13.5. The van der Waals surface area contributed by atoms with E-state index in [1.165, 1.54) is 60.4 Å². The molecule has 0 spiro atoms. The molecule has 1 amide bonds. The first-order valence-electron chi connectivity index (χ1n) is 11.9. The SMILES string of the molecule is CC(=O)O[C@@H](CC[C@H]1C(=O)N(c2ccc(F)cc2)[C@@H]1c1ccc(OS(=O)(=O)C(F)(F)F)cc1)c1ccc(F)cc1. The first kappa shape index (κ1) is 29.0. The molecule has 0 N–H and O–H groups in total. The van der Waals surface area contributed by atoms with E-state index in [2.05, 4.69) is 4.18 Å². The summed E-state index contributed by atoms with van der Waals surface area (Å²) in [7, 11) is -5.88.